The fraction of sp³-hybridized carbons (Fsp3) is 0.455. The van der Waals surface area contributed by atoms with Crippen molar-refractivity contribution in [1.82, 2.24) is 0 Å². The third-order valence-corrected chi connectivity index (χ3v) is 2.73. The Morgan fingerprint density at radius 3 is 2.93 bits per heavy atom. The normalized spacial score (nSPS) is 12.8. The number of thioether (sulfide) groups is 1. The number of aliphatic hydroxyl groups excluding tert-OH is 1. The molecule has 0 spiro atoms. The highest BCUT2D eigenvalue weighted by molar-refractivity contribution is 7.99. The van der Waals surface area contributed by atoms with Gasteiger partial charge in [-0.2, -0.15) is 0 Å². The molecule has 3 heteroatoms. The average molecular weight is 212 g/mol. The van der Waals surface area contributed by atoms with Gasteiger partial charge < -0.3 is 9.84 Å². The van der Waals surface area contributed by atoms with Crippen molar-refractivity contribution in [3.63, 3.8) is 0 Å². The Bertz CT molecular complexity index is 274. The molecule has 0 bridgehead atoms. The molecule has 0 amide bonds. The molecule has 78 valence electrons. The maximum absolute atomic E-state index is 9.38. The number of aliphatic hydroxyl groups is 1. The molecule has 0 aliphatic rings. The van der Waals surface area contributed by atoms with Crippen LogP contribution in [0.2, 0.25) is 0 Å². The molecule has 0 fully saturated rings. The molecule has 0 aliphatic heterocycles. The summed E-state index contributed by atoms with van der Waals surface area (Å²) in [5.41, 5.74) is 0.950. The number of rotatable bonds is 5. The first kappa shape index (κ1) is 11.6. The standard InChI is InChI=1S/C11H16O2S/c1-3-13-8-14-11-6-4-5-10(7-11)9(2)12/h4-7,9,12H,3,8H2,1-2H3. The van der Waals surface area contributed by atoms with Crippen molar-refractivity contribution in [1.29, 1.82) is 0 Å². The quantitative estimate of drug-likeness (QED) is 0.462. The molecule has 0 radical (unpaired) electrons. The predicted octanol–water partition coefficient (Wildman–Crippen LogP) is 2.83. The second-order valence-electron chi connectivity index (χ2n) is 3.00. The van der Waals surface area contributed by atoms with Gasteiger partial charge in [-0.25, -0.2) is 0 Å². The van der Waals surface area contributed by atoms with E-state index < -0.39 is 6.10 Å². The van der Waals surface area contributed by atoms with Crippen LogP contribution in [0.4, 0.5) is 0 Å². The van der Waals surface area contributed by atoms with Crippen molar-refractivity contribution in [3.05, 3.63) is 29.8 Å². The molecule has 0 heterocycles. The SMILES string of the molecule is CCOCSc1cccc(C(C)O)c1. The number of ether oxygens (including phenoxy) is 1. The minimum atomic E-state index is -0.400. The van der Waals surface area contributed by atoms with Crippen molar-refractivity contribution in [2.24, 2.45) is 0 Å². The second kappa shape index (κ2) is 6.06. The van der Waals surface area contributed by atoms with Crippen LogP contribution < -0.4 is 0 Å². The Balaban J connectivity index is 2.55. The first-order valence-corrected chi connectivity index (χ1v) is 5.71. The average Bonchev–Trinajstić information content (AvgIpc) is 2.19. The monoisotopic (exact) mass is 212 g/mol. The Hall–Kier alpha value is -0.510. The van der Waals surface area contributed by atoms with Crippen LogP contribution >= 0.6 is 11.8 Å². The summed E-state index contributed by atoms with van der Waals surface area (Å²) in [6.45, 7) is 4.49. The summed E-state index contributed by atoms with van der Waals surface area (Å²) in [4.78, 5) is 1.14. The summed E-state index contributed by atoms with van der Waals surface area (Å²) in [7, 11) is 0. The van der Waals surface area contributed by atoms with Gasteiger partial charge in [0.15, 0.2) is 0 Å². The van der Waals surface area contributed by atoms with Gasteiger partial charge in [0.05, 0.1) is 12.0 Å². The number of hydrogen-bond acceptors (Lipinski definition) is 3. The smallest absolute Gasteiger partial charge is 0.0966 e. The van der Waals surface area contributed by atoms with Crippen LogP contribution in [-0.4, -0.2) is 17.7 Å². The maximum atomic E-state index is 9.38. The fourth-order valence-corrected chi connectivity index (χ4v) is 1.84. The molecule has 1 N–H and O–H groups in total. The topological polar surface area (TPSA) is 29.5 Å². The highest BCUT2D eigenvalue weighted by Gasteiger charge is 2.01. The Morgan fingerprint density at radius 1 is 1.50 bits per heavy atom. The van der Waals surface area contributed by atoms with Gasteiger partial charge in [-0.3, -0.25) is 0 Å². The van der Waals surface area contributed by atoms with Crippen molar-refractivity contribution in [2.75, 3.05) is 12.5 Å². The highest BCUT2D eigenvalue weighted by Crippen LogP contribution is 2.22. The van der Waals surface area contributed by atoms with E-state index in [9.17, 15) is 5.11 Å². The summed E-state index contributed by atoms with van der Waals surface area (Å²) in [6, 6.07) is 7.90. The lowest BCUT2D eigenvalue weighted by Gasteiger charge is -2.07. The van der Waals surface area contributed by atoms with E-state index in [1.807, 2.05) is 31.2 Å². The lowest BCUT2D eigenvalue weighted by Crippen LogP contribution is -1.92. The molecule has 14 heavy (non-hydrogen) atoms. The van der Waals surface area contributed by atoms with Crippen LogP contribution in [0.5, 0.6) is 0 Å². The first-order chi connectivity index (χ1) is 6.74. The lowest BCUT2D eigenvalue weighted by molar-refractivity contribution is 0.198. The van der Waals surface area contributed by atoms with E-state index in [0.29, 0.717) is 5.94 Å². The fourth-order valence-electron chi connectivity index (χ4n) is 1.06. The summed E-state index contributed by atoms with van der Waals surface area (Å²) in [6.07, 6.45) is -0.400. The Kier molecular flexibility index (Phi) is 5.01. The zero-order valence-corrected chi connectivity index (χ0v) is 9.38. The van der Waals surface area contributed by atoms with Crippen molar-refractivity contribution in [2.45, 2.75) is 24.8 Å². The third-order valence-electron chi connectivity index (χ3n) is 1.85. The van der Waals surface area contributed by atoms with Gasteiger partial charge in [0.25, 0.3) is 0 Å². The van der Waals surface area contributed by atoms with Crippen LogP contribution in [0, 0.1) is 0 Å². The van der Waals surface area contributed by atoms with E-state index in [2.05, 4.69) is 0 Å². The maximum Gasteiger partial charge on any atom is 0.0966 e. The zero-order valence-electron chi connectivity index (χ0n) is 8.56. The molecule has 0 aliphatic carbocycles. The van der Waals surface area contributed by atoms with Gasteiger partial charge in [0.1, 0.15) is 0 Å². The Morgan fingerprint density at radius 2 is 2.29 bits per heavy atom. The minimum absolute atomic E-state index is 0.400. The number of hydrogen-bond donors (Lipinski definition) is 1. The van der Waals surface area contributed by atoms with E-state index in [1.165, 1.54) is 0 Å². The molecule has 0 saturated heterocycles. The van der Waals surface area contributed by atoms with Crippen molar-refractivity contribution < 1.29 is 9.84 Å². The van der Waals surface area contributed by atoms with E-state index >= 15 is 0 Å². The first-order valence-electron chi connectivity index (χ1n) is 4.72. The molecule has 1 atom stereocenters. The molecule has 1 aromatic rings. The molecule has 1 rings (SSSR count). The predicted molar refractivity (Wildman–Crippen MR) is 59.4 cm³/mol. The van der Waals surface area contributed by atoms with E-state index in [4.69, 9.17) is 4.74 Å². The van der Waals surface area contributed by atoms with E-state index in [-0.39, 0.29) is 0 Å². The lowest BCUT2D eigenvalue weighted by atomic mass is 10.1. The summed E-state index contributed by atoms with van der Waals surface area (Å²) in [5.74, 6) is 0.666. The number of benzene rings is 1. The molecule has 0 aromatic heterocycles. The van der Waals surface area contributed by atoms with Crippen LogP contribution in [0.3, 0.4) is 0 Å². The van der Waals surface area contributed by atoms with Crippen LogP contribution in [0.1, 0.15) is 25.5 Å². The summed E-state index contributed by atoms with van der Waals surface area (Å²) < 4.78 is 5.24. The van der Waals surface area contributed by atoms with Crippen LogP contribution in [0.15, 0.2) is 29.2 Å². The largest absolute Gasteiger partial charge is 0.389 e. The molecular weight excluding hydrogens is 196 g/mol. The summed E-state index contributed by atoms with van der Waals surface area (Å²) >= 11 is 1.64. The van der Waals surface area contributed by atoms with Gasteiger partial charge in [0, 0.05) is 11.5 Å². The molecule has 1 aromatic carbocycles. The van der Waals surface area contributed by atoms with Crippen molar-refractivity contribution in [3.8, 4) is 0 Å². The molecule has 0 saturated carbocycles. The second-order valence-corrected chi connectivity index (χ2v) is 4.00. The van der Waals surface area contributed by atoms with E-state index in [1.54, 1.807) is 18.7 Å². The van der Waals surface area contributed by atoms with Crippen LogP contribution in [0.25, 0.3) is 0 Å². The van der Waals surface area contributed by atoms with Crippen molar-refractivity contribution >= 4 is 11.8 Å². The van der Waals surface area contributed by atoms with Gasteiger partial charge in [-0.05, 0) is 31.5 Å². The van der Waals surface area contributed by atoms with E-state index in [0.717, 1.165) is 17.1 Å². The van der Waals surface area contributed by atoms with Gasteiger partial charge in [-0.1, -0.05) is 23.9 Å². The summed E-state index contributed by atoms with van der Waals surface area (Å²) in [5, 5.41) is 9.38. The molecule has 1 unspecified atom stereocenters. The highest BCUT2D eigenvalue weighted by atomic mass is 32.2. The Labute approximate surface area is 89.3 Å². The van der Waals surface area contributed by atoms with Gasteiger partial charge in [-0.15, -0.1) is 0 Å². The van der Waals surface area contributed by atoms with Gasteiger partial charge >= 0.3 is 0 Å². The molecular formula is C11H16O2S. The third kappa shape index (κ3) is 3.70. The molecule has 2 nitrogen and oxygen atoms in total. The van der Waals surface area contributed by atoms with Gasteiger partial charge in [0.2, 0.25) is 0 Å². The van der Waals surface area contributed by atoms with Crippen LogP contribution in [-0.2, 0) is 4.74 Å². The minimum Gasteiger partial charge on any atom is -0.389 e. The zero-order chi connectivity index (χ0) is 10.4.